The summed E-state index contributed by atoms with van der Waals surface area (Å²) in [6.45, 7) is 0.962. The predicted octanol–water partition coefficient (Wildman–Crippen LogP) is -1.94. The zero-order valence-corrected chi connectivity index (χ0v) is 16.4. The van der Waals surface area contributed by atoms with Gasteiger partial charge in [-0.1, -0.05) is 0 Å². The van der Waals surface area contributed by atoms with Gasteiger partial charge in [0.05, 0.1) is 19.2 Å². The van der Waals surface area contributed by atoms with Crippen LogP contribution >= 0.6 is 0 Å². The standard InChI is InChI=1S/C16H23N5O9/c1-6(22)20-10-7(21-14(17)18)4-8(13(23)26-3)28-12(10)11(30-15(24)19-2)9-5-27-16(25)29-9/h4,7,9-12H,5H2,1-3H3,(H,19,24)(H,20,22)(H4,17,18,21)/t7-,9?,10+,11+,12+/m0/s1. The van der Waals surface area contributed by atoms with Gasteiger partial charge in [-0.3, -0.25) is 10.2 Å². The number of carbonyl (C=O) groups excluding carboxylic acids is 4. The molecule has 2 rings (SSSR count). The summed E-state index contributed by atoms with van der Waals surface area (Å²) in [5.41, 5.74) is 5.42. The maximum Gasteiger partial charge on any atom is 0.508 e. The highest BCUT2D eigenvalue weighted by molar-refractivity contribution is 5.87. The van der Waals surface area contributed by atoms with Crippen LogP contribution in [0.1, 0.15) is 6.92 Å². The summed E-state index contributed by atoms with van der Waals surface area (Å²) < 4.78 is 25.5. The lowest BCUT2D eigenvalue weighted by atomic mass is 9.91. The van der Waals surface area contributed by atoms with E-state index in [0.29, 0.717) is 0 Å². The highest BCUT2D eigenvalue weighted by Crippen LogP contribution is 2.28. The lowest BCUT2D eigenvalue weighted by Gasteiger charge is -2.41. The van der Waals surface area contributed by atoms with Crippen molar-refractivity contribution in [1.29, 1.82) is 5.41 Å². The number of rotatable bonds is 6. The average molecular weight is 429 g/mol. The second-order valence-corrected chi connectivity index (χ2v) is 6.25. The van der Waals surface area contributed by atoms with Crippen molar-refractivity contribution in [2.75, 3.05) is 20.8 Å². The molecule has 2 heterocycles. The molecular formula is C16H23N5O9. The van der Waals surface area contributed by atoms with Crippen LogP contribution in [0.3, 0.4) is 0 Å². The number of amides is 2. The van der Waals surface area contributed by atoms with Gasteiger partial charge < -0.3 is 45.4 Å². The summed E-state index contributed by atoms with van der Waals surface area (Å²) in [6.07, 6.45) is -4.30. The van der Waals surface area contributed by atoms with Gasteiger partial charge in [0.25, 0.3) is 0 Å². The topological polar surface area (TPSA) is 200 Å². The quantitative estimate of drug-likeness (QED) is 0.136. The van der Waals surface area contributed by atoms with E-state index in [9.17, 15) is 19.2 Å². The zero-order valence-electron chi connectivity index (χ0n) is 16.4. The van der Waals surface area contributed by atoms with Crippen molar-refractivity contribution in [3.05, 3.63) is 11.8 Å². The smallest absolute Gasteiger partial charge is 0.477 e. The monoisotopic (exact) mass is 429 g/mol. The van der Waals surface area contributed by atoms with Crippen molar-refractivity contribution in [1.82, 2.24) is 16.0 Å². The Kier molecular flexibility index (Phi) is 7.27. The van der Waals surface area contributed by atoms with Crippen molar-refractivity contribution >= 4 is 30.1 Å². The summed E-state index contributed by atoms with van der Waals surface area (Å²) in [6, 6.07) is -1.94. The molecule has 14 nitrogen and oxygen atoms in total. The molecule has 0 bridgehead atoms. The second-order valence-electron chi connectivity index (χ2n) is 6.25. The van der Waals surface area contributed by atoms with Crippen LogP contribution < -0.4 is 21.7 Å². The minimum atomic E-state index is -1.32. The van der Waals surface area contributed by atoms with Gasteiger partial charge in [-0.25, -0.2) is 14.4 Å². The van der Waals surface area contributed by atoms with Crippen molar-refractivity contribution < 1.29 is 42.9 Å². The van der Waals surface area contributed by atoms with Crippen LogP contribution in [0.2, 0.25) is 0 Å². The van der Waals surface area contributed by atoms with Crippen LogP contribution in [0.5, 0.6) is 0 Å². The molecule has 6 N–H and O–H groups in total. The average Bonchev–Trinajstić information content (AvgIpc) is 3.11. The van der Waals surface area contributed by atoms with Crippen LogP contribution in [0.25, 0.3) is 0 Å². The molecule has 0 saturated carbocycles. The van der Waals surface area contributed by atoms with Crippen LogP contribution in [0, 0.1) is 5.41 Å². The van der Waals surface area contributed by atoms with E-state index in [4.69, 9.17) is 30.1 Å². The van der Waals surface area contributed by atoms with Gasteiger partial charge in [0.1, 0.15) is 6.61 Å². The molecule has 0 aromatic rings. The van der Waals surface area contributed by atoms with E-state index in [2.05, 4.69) is 20.7 Å². The first-order chi connectivity index (χ1) is 14.2. The van der Waals surface area contributed by atoms with E-state index in [-0.39, 0.29) is 12.4 Å². The molecule has 1 fully saturated rings. The summed E-state index contributed by atoms with van der Waals surface area (Å²) in [7, 11) is 2.43. The summed E-state index contributed by atoms with van der Waals surface area (Å²) in [4.78, 5) is 47.3. The molecule has 166 valence electrons. The maximum atomic E-state index is 12.1. The van der Waals surface area contributed by atoms with Gasteiger partial charge >= 0.3 is 18.2 Å². The lowest BCUT2D eigenvalue weighted by Crippen LogP contribution is -2.64. The molecule has 0 radical (unpaired) electrons. The Balaban J connectivity index is 2.49. The number of cyclic esters (lactones) is 2. The second kappa shape index (κ2) is 9.67. The van der Waals surface area contributed by atoms with Crippen molar-refractivity contribution in [3.63, 3.8) is 0 Å². The highest BCUT2D eigenvalue weighted by Gasteiger charge is 2.50. The van der Waals surface area contributed by atoms with E-state index < -0.39 is 60.5 Å². The Morgan fingerprint density at radius 3 is 2.50 bits per heavy atom. The Labute approximate surface area is 170 Å². The van der Waals surface area contributed by atoms with Gasteiger partial charge in [0, 0.05) is 14.0 Å². The van der Waals surface area contributed by atoms with Crippen molar-refractivity contribution in [2.45, 2.75) is 37.3 Å². The minimum absolute atomic E-state index is 0.269. The third-order valence-electron chi connectivity index (χ3n) is 4.16. The van der Waals surface area contributed by atoms with E-state index in [1.165, 1.54) is 20.0 Å². The molecular weight excluding hydrogens is 406 g/mol. The van der Waals surface area contributed by atoms with Gasteiger partial charge in [0.15, 0.2) is 24.3 Å². The molecule has 2 amide bonds. The Bertz CT molecular complexity index is 755. The van der Waals surface area contributed by atoms with Crippen LogP contribution in [-0.2, 0) is 33.3 Å². The number of alkyl carbamates (subject to hydrolysis) is 1. The zero-order chi connectivity index (χ0) is 22.4. The molecule has 1 unspecified atom stereocenters. The molecule has 0 aliphatic carbocycles. The van der Waals surface area contributed by atoms with E-state index in [0.717, 1.165) is 7.11 Å². The Morgan fingerprint density at radius 2 is 2.00 bits per heavy atom. The van der Waals surface area contributed by atoms with E-state index in [1.54, 1.807) is 0 Å². The van der Waals surface area contributed by atoms with Gasteiger partial charge in [-0.05, 0) is 6.08 Å². The summed E-state index contributed by atoms with van der Waals surface area (Å²) in [5.74, 6) is -2.11. The number of esters is 1. The molecule has 0 aromatic heterocycles. The van der Waals surface area contributed by atoms with Crippen molar-refractivity contribution in [3.8, 4) is 0 Å². The fourth-order valence-electron chi connectivity index (χ4n) is 2.98. The first-order valence-corrected chi connectivity index (χ1v) is 8.72. The third-order valence-corrected chi connectivity index (χ3v) is 4.16. The van der Waals surface area contributed by atoms with Gasteiger partial charge in [-0.2, -0.15) is 0 Å². The fourth-order valence-corrected chi connectivity index (χ4v) is 2.98. The first-order valence-electron chi connectivity index (χ1n) is 8.72. The van der Waals surface area contributed by atoms with E-state index in [1.807, 2.05) is 0 Å². The van der Waals surface area contributed by atoms with Crippen LogP contribution in [0.4, 0.5) is 9.59 Å². The first kappa shape index (κ1) is 22.6. The van der Waals surface area contributed by atoms with Crippen LogP contribution in [-0.4, -0.2) is 81.2 Å². The van der Waals surface area contributed by atoms with Gasteiger partial charge in [-0.15, -0.1) is 0 Å². The summed E-state index contributed by atoms with van der Waals surface area (Å²) in [5, 5.41) is 15.0. The largest absolute Gasteiger partial charge is 0.508 e. The molecule has 0 spiro atoms. The van der Waals surface area contributed by atoms with E-state index >= 15 is 0 Å². The molecule has 0 aromatic carbocycles. The molecule has 5 atom stereocenters. The molecule has 14 heteroatoms. The number of methoxy groups -OCH3 is 1. The predicted molar refractivity (Wildman–Crippen MR) is 97.0 cm³/mol. The number of nitrogens with one attached hydrogen (secondary N) is 4. The SMILES string of the molecule is CNC(=O)O[C@H](C1COC(=O)O1)[C@@H]1OC(C(=O)OC)=C[C@H](NC(=N)N)[C@H]1NC(C)=O. The van der Waals surface area contributed by atoms with Crippen LogP contribution in [0.15, 0.2) is 11.8 Å². The molecule has 30 heavy (non-hydrogen) atoms. The third kappa shape index (κ3) is 5.42. The minimum Gasteiger partial charge on any atom is -0.477 e. The molecule has 2 aliphatic rings. The number of hydrogen-bond donors (Lipinski definition) is 5. The number of carbonyl (C=O) groups is 4. The number of nitrogens with two attached hydrogens (primary N) is 1. The van der Waals surface area contributed by atoms with Crippen molar-refractivity contribution in [2.24, 2.45) is 5.73 Å². The number of hydrogen-bond acceptors (Lipinski definition) is 10. The molecule has 1 saturated heterocycles. The Morgan fingerprint density at radius 1 is 1.30 bits per heavy atom. The molecule has 2 aliphatic heterocycles. The normalized spacial score (nSPS) is 26.0. The lowest BCUT2D eigenvalue weighted by molar-refractivity contribution is -0.147. The highest BCUT2D eigenvalue weighted by atomic mass is 16.8. The summed E-state index contributed by atoms with van der Waals surface area (Å²) >= 11 is 0. The number of ether oxygens (including phenoxy) is 5. The Hall–Kier alpha value is -3.71. The van der Waals surface area contributed by atoms with Gasteiger partial charge in [0.2, 0.25) is 11.7 Å². The fraction of sp³-hybridized carbons (Fsp3) is 0.562. The maximum absolute atomic E-state index is 12.1. The number of guanidine groups is 1.